The summed E-state index contributed by atoms with van der Waals surface area (Å²) < 4.78 is 5.31. The Morgan fingerprint density at radius 1 is 1.46 bits per heavy atom. The van der Waals surface area contributed by atoms with E-state index in [1.165, 1.54) is 18.4 Å². The number of esters is 1. The van der Waals surface area contributed by atoms with Crippen molar-refractivity contribution < 1.29 is 9.53 Å². The molecule has 2 nitrogen and oxygen atoms in total. The van der Waals surface area contributed by atoms with Gasteiger partial charge in [0.2, 0.25) is 0 Å². The van der Waals surface area contributed by atoms with Gasteiger partial charge in [-0.15, -0.1) is 0 Å². The van der Waals surface area contributed by atoms with Gasteiger partial charge in [-0.05, 0) is 31.3 Å². The van der Waals surface area contributed by atoms with Crippen molar-refractivity contribution in [3.63, 3.8) is 0 Å². The molecular formula is C11H16O2. The van der Waals surface area contributed by atoms with Gasteiger partial charge in [0.15, 0.2) is 0 Å². The molecule has 0 aromatic carbocycles. The Morgan fingerprint density at radius 2 is 2.31 bits per heavy atom. The van der Waals surface area contributed by atoms with Gasteiger partial charge >= 0.3 is 5.97 Å². The highest BCUT2D eigenvalue weighted by Crippen LogP contribution is 2.32. The van der Waals surface area contributed by atoms with E-state index in [0.717, 1.165) is 12.8 Å². The molecule has 0 amide bonds. The molecule has 1 aliphatic heterocycles. The molecule has 13 heavy (non-hydrogen) atoms. The monoisotopic (exact) mass is 180 g/mol. The highest BCUT2D eigenvalue weighted by molar-refractivity contribution is 5.72. The van der Waals surface area contributed by atoms with Gasteiger partial charge in [-0.1, -0.05) is 13.0 Å². The average Bonchev–Trinajstić information content (AvgIpc) is 2.47. The van der Waals surface area contributed by atoms with Crippen molar-refractivity contribution in [3.8, 4) is 0 Å². The maximum Gasteiger partial charge on any atom is 0.306 e. The molecule has 0 spiro atoms. The number of hydrogen-bond acceptors (Lipinski definition) is 2. The van der Waals surface area contributed by atoms with Crippen LogP contribution < -0.4 is 0 Å². The highest BCUT2D eigenvalue weighted by atomic mass is 16.5. The minimum Gasteiger partial charge on any atom is -0.458 e. The van der Waals surface area contributed by atoms with Crippen molar-refractivity contribution in [3.05, 3.63) is 11.6 Å². The van der Waals surface area contributed by atoms with E-state index in [-0.39, 0.29) is 12.1 Å². The molecule has 2 aliphatic rings. The van der Waals surface area contributed by atoms with Gasteiger partial charge in [-0.25, -0.2) is 0 Å². The number of rotatable bonds is 1. The smallest absolute Gasteiger partial charge is 0.306 e. The molecule has 1 heterocycles. The molecule has 0 radical (unpaired) electrons. The molecule has 1 aliphatic carbocycles. The summed E-state index contributed by atoms with van der Waals surface area (Å²) in [5, 5.41) is 0. The van der Waals surface area contributed by atoms with Crippen LogP contribution in [-0.2, 0) is 9.53 Å². The van der Waals surface area contributed by atoms with Crippen LogP contribution in [0.5, 0.6) is 0 Å². The van der Waals surface area contributed by atoms with Gasteiger partial charge in [-0.3, -0.25) is 4.79 Å². The molecule has 1 saturated heterocycles. The Balaban J connectivity index is 2.07. The van der Waals surface area contributed by atoms with Gasteiger partial charge in [0.25, 0.3) is 0 Å². The van der Waals surface area contributed by atoms with E-state index in [1.807, 2.05) is 0 Å². The summed E-state index contributed by atoms with van der Waals surface area (Å²) in [6.07, 6.45) is 7.81. The number of ether oxygens (including phenoxy) is 1. The maximum atomic E-state index is 11.1. The summed E-state index contributed by atoms with van der Waals surface area (Å²) >= 11 is 0. The molecule has 2 atom stereocenters. The lowest BCUT2D eigenvalue weighted by molar-refractivity contribution is -0.140. The summed E-state index contributed by atoms with van der Waals surface area (Å²) in [6, 6.07) is 0. The lowest BCUT2D eigenvalue weighted by atomic mass is 9.89. The Hall–Kier alpha value is -0.790. The third kappa shape index (κ3) is 1.77. The first-order valence-electron chi connectivity index (χ1n) is 5.16. The molecule has 2 heteroatoms. The van der Waals surface area contributed by atoms with Crippen LogP contribution in [-0.4, -0.2) is 12.1 Å². The third-order valence-electron chi connectivity index (χ3n) is 2.96. The van der Waals surface area contributed by atoms with E-state index in [2.05, 4.69) is 13.0 Å². The van der Waals surface area contributed by atoms with Gasteiger partial charge < -0.3 is 4.74 Å². The van der Waals surface area contributed by atoms with Crippen molar-refractivity contribution in [2.75, 3.05) is 0 Å². The van der Waals surface area contributed by atoms with Crippen LogP contribution in [0.4, 0.5) is 0 Å². The largest absolute Gasteiger partial charge is 0.458 e. The van der Waals surface area contributed by atoms with Crippen molar-refractivity contribution in [1.82, 2.24) is 0 Å². The van der Waals surface area contributed by atoms with E-state index < -0.39 is 0 Å². The molecule has 2 rings (SSSR count). The Labute approximate surface area is 79.0 Å². The number of carbonyl (C=O) groups excluding carboxylic acids is 1. The molecule has 72 valence electrons. The Bertz CT molecular complexity index is 242. The predicted octanol–water partition coefficient (Wildman–Crippen LogP) is 2.44. The van der Waals surface area contributed by atoms with E-state index in [4.69, 9.17) is 4.74 Å². The summed E-state index contributed by atoms with van der Waals surface area (Å²) in [6.45, 7) is 2.10. The van der Waals surface area contributed by atoms with Crippen LogP contribution in [0.2, 0.25) is 0 Å². The van der Waals surface area contributed by atoms with Crippen molar-refractivity contribution in [2.24, 2.45) is 5.92 Å². The topological polar surface area (TPSA) is 26.3 Å². The molecule has 1 fully saturated rings. The first kappa shape index (κ1) is 8.79. The zero-order valence-electron chi connectivity index (χ0n) is 8.08. The lowest BCUT2D eigenvalue weighted by Gasteiger charge is -2.20. The number of hydrogen-bond donors (Lipinski definition) is 0. The Kier molecular flexibility index (Phi) is 2.38. The third-order valence-corrected chi connectivity index (χ3v) is 2.96. The van der Waals surface area contributed by atoms with E-state index in [1.54, 1.807) is 0 Å². The SMILES string of the molecule is C[C@@H]1CC(=O)O[C@H]1C1=CCCCC1. The van der Waals surface area contributed by atoms with E-state index >= 15 is 0 Å². The van der Waals surface area contributed by atoms with Gasteiger partial charge in [0.1, 0.15) is 6.10 Å². The summed E-state index contributed by atoms with van der Waals surface area (Å²) in [7, 11) is 0. The van der Waals surface area contributed by atoms with E-state index in [0.29, 0.717) is 12.3 Å². The van der Waals surface area contributed by atoms with Gasteiger partial charge in [0, 0.05) is 5.92 Å². The molecular weight excluding hydrogens is 164 g/mol. The molecule has 0 unspecified atom stereocenters. The fraction of sp³-hybridized carbons (Fsp3) is 0.727. The van der Waals surface area contributed by atoms with Crippen LogP contribution in [0.3, 0.4) is 0 Å². The summed E-state index contributed by atoms with van der Waals surface area (Å²) in [5.74, 6) is 0.362. The lowest BCUT2D eigenvalue weighted by Crippen LogP contribution is -2.18. The normalized spacial score (nSPS) is 34.2. The summed E-state index contributed by atoms with van der Waals surface area (Å²) in [4.78, 5) is 11.1. The first-order chi connectivity index (χ1) is 6.27. The zero-order chi connectivity index (χ0) is 9.26. The first-order valence-corrected chi connectivity index (χ1v) is 5.16. The summed E-state index contributed by atoms with van der Waals surface area (Å²) in [5.41, 5.74) is 1.37. The number of cyclic esters (lactones) is 1. The van der Waals surface area contributed by atoms with Gasteiger partial charge in [0.05, 0.1) is 6.42 Å². The highest BCUT2D eigenvalue weighted by Gasteiger charge is 2.33. The number of allylic oxidation sites excluding steroid dienone is 1. The van der Waals surface area contributed by atoms with Crippen LogP contribution >= 0.6 is 0 Å². The Morgan fingerprint density at radius 3 is 2.85 bits per heavy atom. The van der Waals surface area contributed by atoms with Crippen LogP contribution in [0, 0.1) is 5.92 Å². The average molecular weight is 180 g/mol. The van der Waals surface area contributed by atoms with Crippen molar-refractivity contribution in [1.29, 1.82) is 0 Å². The van der Waals surface area contributed by atoms with Gasteiger partial charge in [-0.2, -0.15) is 0 Å². The predicted molar refractivity (Wildman–Crippen MR) is 50.2 cm³/mol. The second-order valence-electron chi connectivity index (χ2n) is 4.12. The fourth-order valence-corrected chi connectivity index (χ4v) is 2.24. The van der Waals surface area contributed by atoms with E-state index in [9.17, 15) is 4.79 Å². The van der Waals surface area contributed by atoms with Crippen molar-refractivity contribution in [2.45, 2.75) is 45.1 Å². The quantitative estimate of drug-likeness (QED) is 0.457. The second kappa shape index (κ2) is 3.52. The minimum absolute atomic E-state index is 0.0241. The minimum atomic E-state index is -0.0241. The molecule has 0 N–H and O–H groups in total. The molecule has 0 bridgehead atoms. The standard InChI is InChI=1S/C11H16O2/c1-8-7-10(12)13-11(8)9-5-3-2-4-6-9/h5,8,11H,2-4,6-7H2,1H3/t8-,11-/m1/s1. The van der Waals surface area contributed by atoms with Crippen LogP contribution in [0.15, 0.2) is 11.6 Å². The molecule has 0 saturated carbocycles. The van der Waals surface area contributed by atoms with Crippen LogP contribution in [0.25, 0.3) is 0 Å². The second-order valence-corrected chi connectivity index (χ2v) is 4.12. The van der Waals surface area contributed by atoms with Crippen molar-refractivity contribution >= 4 is 5.97 Å². The molecule has 0 aromatic rings. The van der Waals surface area contributed by atoms with Crippen LogP contribution in [0.1, 0.15) is 39.0 Å². The number of carbonyl (C=O) groups is 1. The molecule has 0 aromatic heterocycles. The fourth-order valence-electron chi connectivity index (χ4n) is 2.24. The zero-order valence-corrected chi connectivity index (χ0v) is 8.08. The maximum absolute atomic E-state index is 11.1.